The second kappa shape index (κ2) is 2.86. The molecule has 2 N–H and O–H groups in total. The minimum atomic E-state index is 0. The zero-order chi connectivity index (χ0) is 6.97. The van der Waals surface area contributed by atoms with Crippen LogP contribution in [0.15, 0.2) is 34.3 Å². The molecule has 0 aromatic heterocycles. The van der Waals surface area contributed by atoms with Gasteiger partial charge in [0.05, 0.1) is 10.7 Å². The number of para-hydroxylation sites is 2. The standard InChI is InChI=1S/C7H4N2S.H2O/c10-7-8-5-3-1-2-4-6(5)9-7;/h1-4H;1H2. The fourth-order valence-corrected chi connectivity index (χ4v) is 1.08. The van der Waals surface area contributed by atoms with Crippen molar-refractivity contribution >= 4 is 17.3 Å². The number of hydrogen-bond donors (Lipinski definition) is 0. The van der Waals surface area contributed by atoms with Gasteiger partial charge in [0.2, 0.25) is 5.11 Å². The van der Waals surface area contributed by atoms with Crippen LogP contribution >= 0.6 is 12.2 Å². The molecule has 0 spiro atoms. The summed E-state index contributed by atoms with van der Waals surface area (Å²) in [5.74, 6) is 0. The van der Waals surface area contributed by atoms with Gasteiger partial charge in [-0.05, 0) is 24.4 Å². The topological polar surface area (TPSA) is 56.2 Å². The van der Waals surface area contributed by atoms with Crippen molar-refractivity contribution in [1.29, 1.82) is 0 Å². The molecular weight excluding hydrogens is 160 g/mol. The highest BCUT2D eigenvalue weighted by Gasteiger charge is 1.97. The molecule has 0 fully saturated rings. The fraction of sp³-hybridized carbons (Fsp3) is 0. The van der Waals surface area contributed by atoms with Crippen molar-refractivity contribution in [3.05, 3.63) is 35.0 Å². The van der Waals surface area contributed by atoms with E-state index in [0.717, 1.165) is 10.7 Å². The smallest absolute Gasteiger partial charge is 0.220 e. The Labute approximate surface area is 68.4 Å². The monoisotopic (exact) mass is 166 g/mol. The molecule has 1 aromatic carbocycles. The maximum absolute atomic E-state index is 4.79. The van der Waals surface area contributed by atoms with Crippen molar-refractivity contribution in [3.63, 3.8) is 0 Å². The molecule has 0 atom stereocenters. The minimum Gasteiger partial charge on any atom is -0.412 e. The zero-order valence-corrected chi connectivity index (χ0v) is 6.43. The van der Waals surface area contributed by atoms with Crippen molar-refractivity contribution in [3.8, 4) is 0 Å². The van der Waals surface area contributed by atoms with E-state index < -0.39 is 0 Å². The summed E-state index contributed by atoms with van der Waals surface area (Å²) in [6, 6.07) is 7.65. The summed E-state index contributed by atoms with van der Waals surface area (Å²) in [4.78, 5) is 8.03. The van der Waals surface area contributed by atoms with Crippen LogP contribution in [0.25, 0.3) is 0 Å². The summed E-state index contributed by atoms with van der Waals surface area (Å²) in [7, 11) is 0. The van der Waals surface area contributed by atoms with Crippen LogP contribution in [0.3, 0.4) is 0 Å². The molecule has 0 aliphatic carbocycles. The molecule has 1 aliphatic heterocycles. The Morgan fingerprint density at radius 2 is 1.45 bits per heavy atom. The lowest BCUT2D eigenvalue weighted by Gasteiger charge is -1.75. The van der Waals surface area contributed by atoms with Gasteiger partial charge in [0, 0.05) is 0 Å². The van der Waals surface area contributed by atoms with Gasteiger partial charge in [0.1, 0.15) is 0 Å². The Balaban J connectivity index is 0.000000605. The average molecular weight is 166 g/mol. The molecule has 1 aliphatic rings. The molecule has 56 valence electrons. The number of thiocarbonyl (C=S) groups is 1. The first-order valence-electron chi connectivity index (χ1n) is 2.93. The van der Waals surface area contributed by atoms with Gasteiger partial charge < -0.3 is 5.48 Å². The molecule has 1 aromatic rings. The average Bonchev–Trinajstić information content (AvgIpc) is 2.27. The van der Waals surface area contributed by atoms with Crippen LogP contribution in [-0.4, -0.2) is 10.6 Å². The third kappa shape index (κ3) is 1.31. The van der Waals surface area contributed by atoms with E-state index in [2.05, 4.69) is 9.98 Å². The Bertz CT molecular complexity index is 362. The first-order valence-corrected chi connectivity index (χ1v) is 3.33. The van der Waals surface area contributed by atoms with Crippen molar-refractivity contribution in [2.24, 2.45) is 9.98 Å². The Kier molecular flexibility index (Phi) is 2.07. The minimum absolute atomic E-state index is 0. The number of benzene rings is 1. The number of fused-ring (bicyclic) bond motifs is 1. The second-order valence-electron chi connectivity index (χ2n) is 1.99. The SMILES string of the molecule is O.S=C1N=c2ccccc2=N1. The largest absolute Gasteiger partial charge is 0.412 e. The molecule has 0 saturated heterocycles. The zero-order valence-electron chi connectivity index (χ0n) is 5.61. The van der Waals surface area contributed by atoms with Crippen LogP contribution in [0.2, 0.25) is 0 Å². The number of hydrogen-bond acceptors (Lipinski definition) is 1. The fourth-order valence-electron chi connectivity index (χ4n) is 0.884. The van der Waals surface area contributed by atoms with Crippen LogP contribution in [0.5, 0.6) is 0 Å². The van der Waals surface area contributed by atoms with Gasteiger partial charge in [-0.2, -0.15) is 0 Å². The Morgan fingerprint density at radius 3 is 1.91 bits per heavy atom. The summed E-state index contributed by atoms with van der Waals surface area (Å²) in [6.07, 6.45) is 0. The Morgan fingerprint density at radius 1 is 1.00 bits per heavy atom. The quantitative estimate of drug-likeness (QED) is 0.475. The van der Waals surface area contributed by atoms with E-state index in [1.807, 2.05) is 24.3 Å². The van der Waals surface area contributed by atoms with Gasteiger partial charge in [-0.25, -0.2) is 9.98 Å². The van der Waals surface area contributed by atoms with E-state index in [9.17, 15) is 0 Å². The molecule has 11 heavy (non-hydrogen) atoms. The Hall–Kier alpha value is -1.13. The van der Waals surface area contributed by atoms with Crippen LogP contribution in [-0.2, 0) is 0 Å². The van der Waals surface area contributed by atoms with E-state index in [1.54, 1.807) is 0 Å². The maximum atomic E-state index is 4.79. The van der Waals surface area contributed by atoms with E-state index in [1.165, 1.54) is 0 Å². The van der Waals surface area contributed by atoms with Gasteiger partial charge in [-0.3, -0.25) is 0 Å². The first kappa shape index (κ1) is 7.97. The van der Waals surface area contributed by atoms with Gasteiger partial charge in [-0.1, -0.05) is 12.1 Å². The summed E-state index contributed by atoms with van der Waals surface area (Å²) in [5, 5.41) is 2.20. The molecule has 0 unspecified atom stereocenters. The van der Waals surface area contributed by atoms with E-state index in [4.69, 9.17) is 12.2 Å². The van der Waals surface area contributed by atoms with E-state index in [0.29, 0.717) is 5.11 Å². The van der Waals surface area contributed by atoms with Gasteiger partial charge in [-0.15, -0.1) is 0 Å². The first-order chi connectivity index (χ1) is 4.86. The summed E-state index contributed by atoms with van der Waals surface area (Å²) < 4.78 is 0. The third-order valence-corrected chi connectivity index (χ3v) is 1.50. The highest BCUT2D eigenvalue weighted by molar-refractivity contribution is 7.80. The molecule has 2 rings (SSSR count). The predicted molar refractivity (Wildman–Crippen MR) is 45.0 cm³/mol. The lowest BCUT2D eigenvalue weighted by Crippen LogP contribution is -2.19. The number of rotatable bonds is 0. The van der Waals surface area contributed by atoms with Crippen molar-refractivity contribution < 1.29 is 5.48 Å². The van der Waals surface area contributed by atoms with Crippen LogP contribution in [0.1, 0.15) is 0 Å². The highest BCUT2D eigenvalue weighted by atomic mass is 32.1. The molecule has 0 bridgehead atoms. The summed E-state index contributed by atoms with van der Waals surface area (Å²) in [5.41, 5.74) is 0. The molecule has 0 saturated carbocycles. The lowest BCUT2D eigenvalue weighted by atomic mass is 10.3. The van der Waals surface area contributed by atoms with Crippen LogP contribution in [0, 0.1) is 0 Å². The molecule has 1 heterocycles. The number of nitrogens with zero attached hydrogens (tertiary/aromatic N) is 2. The molecular formula is C7H6N2OS. The summed E-state index contributed by atoms with van der Waals surface area (Å²) >= 11 is 4.79. The van der Waals surface area contributed by atoms with Crippen LogP contribution in [0.4, 0.5) is 0 Å². The van der Waals surface area contributed by atoms with Gasteiger partial charge in [0.15, 0.2) is 0 Å². The predicted octanol–water partition coefficient (Wildman–Crippen LogP) is -0.600. The van der Waals surface area contributed by atoms with E-state index in [-0.39, 0.29) is 5.48 Å². The van der Waals surface area contributed by atoms with Gasteiger partial charge in [0.25, 0.3) is 0 Å². The molecule has 0 radical (unpaired) electrons. The molecule has 3 nitrogen and oxygen atoms in total. The van der Waals surface area contributed by atoms with Crippen molar-refractivity contribution in [1.82, 2.24) is 0 Å². The van der Waals surface area contributed by atoms with Crippen molar-refractivity contribution in [2.45, 2.75) is 0 Å². The summed E-state index contributed by atoms with van der Waals surface area (Å²) in [6.45, 7) is 0. The third-order valence-electron chi connectivity index (χ3n) is 1.31. The molecule has 0 amide bonds. The highest BCUT2D eigenvalue weighted by Crippen LogP contribution is 1.84. The van der Waals surface area contributed by atoms with Gasteiger partial charge >= 0.3 is 0 Å². The molecule has 4 heteroatoms. The van der Waals surface area contributed by atoms with E-state index >= 15 is 0 Å². The maximum Gasteiger partial charge on any atom is 0.220 e. The normalized spacial score (nSPS) is 12.5. The van der Waals surface area contributed by atoms with Crippen molar-refractivity contribution in [2.75, 3.05) is 0 Å². The van der Waals surface area contributed by atoms with Crippen LogP contribution < -0.4 is 10.7 Å². The lowest BCUT2D eigenvalue weighted by molar-refractivity contribution is 0.824. The second-order valence-corrected chi connectivity index (χ2v) is 2.36.